The topological polar surface area (TPSA) is 80.8 Å². The second kappa shape index (κ2) is 8.16. The molecule has 0 bridgehead atoms. The Hall–Kier alpha value is -4.58. The number of nitrogens with zero attached hydrogens (tertiary/aromatic N) is 1. The molecule has 5 rings (SSSR count). The summed E-state index contributed by atoms with van der Waals surface area (Å²) in [5.41, 5.74) is 1.33. The number of Topliss-reactive ketones (excluding diaryl/α,β-unsaturated/α-hetero) is 1. The Morgan fingerprint density at radius 2 is 1.33 bits per heavy atom. The minimum Gasteiger partial charge on any atom is -0.454 e. The molecule has 0 saturated heterocycles. The van der Waals surface area contributed by atoms with Crippen molar-refractivity contribution in [3.63, 3.8) is 0 Å². The summed E-state index contributed by atoms with van der Waals surface area (Å²) in [7, 11) is 0. The summed E-state index contributed by atoms with van der Waals surface area (Å²) >= 11 is 0. The van der Waals surface area contributed by atoms with E-state index in [2.05, 4.69) is 0 Å². The molecule has 1 aliphatic heterocycles. The third kappa shape index (κ3) is 3.68. The minimum atomic E-state index is -0.745. The Morgan fingerprint density at radius 3 is 2.12 bits per heavy atom. The standard InChI is InChI=1S/C27H17NO5/c29-24(19-11-10-17-6-4-5-7-18(17)14-19)16-33-27(32)20-12-13-22-23(15-20)26(31)28(25(22)30)21-8-2-1-3-9-21/h1-15H,16H2. The summed E-state index contributed by atoms with van der Waals surface area (Å²) in [5, 5.41) is 1.92. The van der Waals surface area contributed by atoms with Gasteiger partial charge in [0.1, 0.15) is 0 Å². The summed E-state index contributed by atoms with van der Waals surface area (Å²) in [6.45, 7) is -0.433. The van der Waals surface area contributed by atoms with Gasteiger partial charge in [-0.15, -0.1) is 0 Å². The molecule has 2 amide bonds. The van der Waals surface area contributed by atoms with Gasteiger partial charge in [0.15, 0.2) is 12.4 Å². The first-order valence-electron chi connectivity index (χ1n) is 10.3. The number of rotatable bonds is 5. The van der Waals surface area contributed by atoms with Crippen LogP contribution in [0.2, 0.25) is 0 Å². The second-order valence-corrected chi connectivity index (χ2v) is 7.60. The highest BCUT2D eigenvalue weighted by Gasteiger charge is 2.37. The van der Waals surface area contributed by atoms with E-state index in [1.807, 2.05) is 30.3 Å². The first-order chi connectivity index (χ1) is 16.0. The molecule has 1 heterocycles. The smallest absolute Gasteiger partial charge is 0.338 e. The van der Waals surface area contributed by atoms with Gasteiger partial charge in [-0.1, -0.05) is 54.6 Å². The Balaban J connectivity index is 1.31. The molecule has 0 radical (unpaired) electrons. The number of ketones is 1. The lowest BCUT2D eigenvalue weighted by Crippen LogP contribution is -2.29. The van der Waals surface area contributed by atoms with Crippen molar-refractivity contribution in [3.8, 4) is 0 Å². The van der Waals surface area contributed by atoms with Crippen molar-refractivity contribution in [1.82, 2.24) is 0 Å². The quantitative estimate of drug-likeness (QED) is 0.258. The number of hydrogen-bond acceptors (Lipinski definition) is 5. The highest BCUT2D eigenvalue weighted by molar-refractivity contribution is 6.34. The van der Waals surface area contributed by atoms with Gasteiger partial charge in [-0.3, -0.25) is 14.4 Å². The lowest BCUT2D eigenvalue weighted by molar-refractivity contribution is 0.0474. The van der Waals surface area contributed by atoms with Gasteiger partial charge in [0.25, 0.3) is 11.8 Å². The monoisotopic (exact) mass is 435 g/mol. The molecular formula is C27H17NO5. The van der Waals surface area contributed by atoms with Crippen LogP contribution in [0.1, 0.15) is 41.4 Å². The molecule has 0 spiro atoms. The van der Waals surface area contributed by atoms with E-state index >= 15 is 0 Å². The van der Waals surface area contributed by atoms with Crippen LogP contribution in [0.5, 0.6) is 0 Å². The third-order valence-corrected chi connectivity index (χ3v) is 5.54. The Bertz CT molecular complexity index is 1440. The van der Waals surface area contributed by atoms with Crippen molar-refractivity contribution in [2.45, 2.75) is 0 Å². The number of carbonyl (C=O) groups excluding carboxylic acids is 4. The van der Waals surface area contributed by atoms with Gasteiger partial charge < -0.3 is 4.74 Å². The van der Waals surface area contributed by atoms with Crippen LogP contribution >= 0.6 is 0 Å². The van der Waals surface area contributed by atoms with Gasteiger partial charge >= 0.3 is 5.97 Å². The number of hydrogen-bond donors (Lipinski definition) is 0. The minimum absolute atomic E-state index is 0.0936. The van der Waals surface area contributed by atoms with Crippen molar-refractivity contribution in [2.75, 3.05) is 11.5 Å². The molecule has 160 valence electrons. The molecule has 6 nitrogen and oxygen atoms in total. The SMILES string of the molecule is O=C(COC(=O)c1ccc2c(c1)C(=O)N(c1ccccc1)C2=O)c1ccc2ccccc2c1. The lowest BCUT2D eigenvalue weighted by atomic mass is 10.0. The van der Waals surface area contributed by atoms with E-state index in [1.54, 1.807) is 42.5 Å². The average molecular weight is 435 g/mol. The number of carbonyl (C=O) groups is 4. The van der Waals surface area contributed by atoms with Crippen molar-refractivity contribution in [2.24, 2.45) is 0 Å². The fraction of sp³-hybridized carbons (Fsp3) is 0.0370. The molecule has 4 aromatic carbocycles. The molecular weight excluding hydrogens is 418 g/mol. The Labute approximate surface area is 189 Å². The van der Waals surface area contributed by atoms with Crippen molar-refractivity contribution in [3.05, 3.63) is 113 Å². The number of para-hydroxylation sites is 1. The van der Waals surface area contributed by atoms with Crippen LogP contribution in [0.4, 0.5) is 5.69 Å². The number of esters is 1. The summed E-state index contributed by atoms with van der Waals surface area (Å²) in [6, 6.07) is 25.7. The van der Waals surface area contributed by atoms with E-state index in [9.17, 15) is 19.2 Å². The zero-order chi connectivity index (χ0) is 22.9. The van der Waals surface area contributed by atoms with Crippen LogP contribution in [0.15, 0.2) is 91.0 Å². The first kappa shape index (κ1) is 20.3. The summed E-state index contributed by atoms with van der Waals surface area (Å²) < 4.78 is 5.19. The average Bonchev–Trinajstić information content (AvgIpc) is 3.11. The van der Waals surface area contributed by atoms with E-state index in [1.165, 1.54) is 18.2 Å². The molecule has 4 aromatic rings. The van der Waals surface area contributed by atoms with E-state index in [-0.39, 0.29) is 22.5 Å². The molecule has 33 heavy (non-hydrogen) atoms. The van der Waals surface area contributed by atoms with Crippen molar-refractivity contribution in [1.29, 1.82) is 0 Å². The predicted molar refractivity (Wildman–Crippen MR) is 123 cm³/mol. The summed E-state index contributed by atoms with van der Waals surface area (Å²) in [6.07, 6.45) is 0. The molecule has 0 aliphatic carbocycles. The van der Waals surface area contributed by atoms with E-state index in [0.717, 1.165) is 15.7 Å². The van der Waals surface area contributed by atoms with Gasteiger partial charge in [-0.05, 0) is 47.2 Å². The Kier molecular flexibility index (Phi) is 5.03. The number of fused-ring (bicyclic) bond motifs is 2. The maximum atomic E-state index is 12.8. The summed E-state index contributed by atoms with van der Waals surface area (Å²) in [4.78, 5) is 51.7. The largest absolute Gasteiger partial charge is 0.454 e. The van der Waals surface area contributed by atoms with Crippen LogP contribution in [-0.4, -0.2) is 30.2 Å². The lowest BCUT2D eigenvalue weighted by Gasteiger charge is -2.13. The van der Waals surface area contributed by atoms with E-state index in [0.29, 0.717) is 11.3 Å². The molecule has 6 heteroatoms. The number of ether oxygens (including phenoxy) is 1. The van der Waals surface area contributed by atoms with Crippen LogP contribution in [0.25, 0.3) is 10.8 Å². The number of anilines is 1. The van der Waals surface area contributed by atoms with Crippen molar-refractivity contribution >= 4 is 40.0 Å². The molecule has 0 atom stereocenters. The molecule has 1 aliphatic rings. The molecule has 0 fully saturated rings. The maximum absolute atomic E-state index is 12.8. The van der Waals surface area contributed by atoms with Crippen LogP contribution in [0.3, 0.4) is 0 Å². The second-order valence-electron chi connectivity index (χ2n) is 7.60. The van der Waals surface area contributed by atoms with Gasteiger partial charge in [-0.2, -0.15) is 0 Å². The van der Waals surface area contributed by atoms with Gasteiger partial charge in [-0.25, -0.2) is 9.69 Å². The third-order valence-electron chi connectivity index (χ3n) is 5.54. The van der Waals surface area contributed by atoms with Gasteiger partial charge in [0, 0.05) is 5.56 Å². The maximum Gasteiger partial charge on any atom is 0.338 e. The van der Waals surface area contributed by atoms with Crippen LogP contribution in [-0.2, 0) is 4.74 Å². The number of amides is 2. The molecule has 0 aromatic heterocycles. The summed E-state index contributed by atoms with van der Waals surface area (Å²) in [5.74, 6) is -2.04. The van der Waals surface area contributed by atoms with E-state index < -0.39 is 24.4 Å². The predicted octanol–water partition coefficient (Wildman–Crippen LogP) is 4.68. The van der Waals surface area contributed by atoms with Crippen LogP contribution < -0.4 is 4.90 Å². The zero-order valence-corrected chi connectivity index (χ0v) is 17.4. The molecule has 0 N–H and O–H groups in total. The van der Waals surface area contributed by atoms with Crippen molar-refractivity contribution < 1.29 is 23.9 Å². The fourth-order valence-corrected chi connectivity index (χ4v) is 3.84. The number of benzene rings is 4. The van der Waals surface area contributed by atoms with Gasteiger partial charge in [0.05, 0.1) is 22.4 Å². The fourth-order valence-electron chi connectivity index (χ4n) is 3.84. The molecule has 0 unspecified atom stereocenters. The van der Waals surface area contributed by atoms with Crippen LogP contribution in [0, 0.1) is 0 Å². The first-order valence-corrected chi connectivity index (χ1v) is 10.3. The Morgan fingerprint density at radius 1 is 0.667 bits per heavy atom. The highest BCUT2D eigenvalue weighted by Crippen LogP contribution is 2.29. The van der Waals surface area contributed by atoms with E-state index in [4.69, 9.17) is 4.74 Å². The molecule has 0 saturated carbocycles. The highest BCUT2D eigenvalue weighted by atomic mass is 16.5. The number of imide groups is 1. The van der Waals surface area contributed by atoms with Gasteiger partial charge in [0.2, 0.25) is 0 Å². The zero-order valence-electron chi connectivity index (χ0n) is 17.4. The normalized spacial score (nSPS) is 12.7.